The predicted octanol–water partition coefficient (Wildman–Crippen LogP) is 9.27. The van der Waals surface area contributed by atoms with Crippen LogP contribution in [0.1, 0.15) is 195 Å². The van der Waals surface area contributed by atoms with Gasteiger partial charge in [0, 0.05) is 87.3 Å². The summed E-state index contributed by atoms with van der Waals surface area (Å²) in [4.78, 5) is 53.9. The van der Waals surface area contributed by atoms with Gasteiger partial charge in [0.2, 0.25) is 5.91 Å². The van der Waals surface area contributed by atoms with Crippen LogP contribution in [0.15, 0.2) is 24.3 Å². The highest BCUT2D eigenvalue weighted by Crippen LogP contribution is 2.35. The maximum absolute atomic E-state index is 11.5. The summed E-state index contributed by atoms with van der Waals surface area (Å²) in [5.74, 6) is -0.397. The molecule has 14 nitrogen and oxygen atoms in total. The van der Waals surface area contributed by atoms with Crippen LogP contribution in [0.5, 0.6) is 0 Å². The smallest absolute Gasteiger partial charge is 0.338 e. The molecular weight excluding hydrogens is 965 g/mol. The summed E-state index contributed by atoms with van der Waals surface area (Å²) in [5, 5.41) is 32.6. The number of aryl methyl sites for hydroxylation is 1. The highest BCUT2D eigenvalue weighted by molar-refractivity contribution is 7.12. The molecule has 1 aromatic carbocycles. The van der Waals surface area contributed by atoms with Crippen molar-refractivity contribution in [1.29, 1.82) is 0 Å². The molecule has 0 saturated carbocycles. The molecule has 4 aromatic heterocycles. The summed E-state index contributed by atoms with van der Waals surface area (Å²) in [6.45, 7) is 37.2. The van der Waals surface area contributed by atoms with Gasteiger partial charge in [0.05, 0.1) is 62.6 Å². The van der Waals surface area contributed by atoms with Crippen LogP contribution in [0.3, 0.4) is 0 Å². The first kappa shape index (κ1) is 56.9. The van der Waals surface area contributed by atoms with Crippen LogP contribution in [-0.2, 0) is 88.5 Å². The third-order valence-corrected chi connectivity index (χ3v) is 17.2. The summed E-state index contributed by atoms with van der Waals surface area (Å²) in [5.41, 5.74) is 8.76. The molecule has 4 N–H and O–H groups in total. The Morgan fingerprint density at radius 2 is 1.31 bits per heavy atom. The molecule has 1 unspecified atom stereocenters. The predicted molar refractivity (Wildman–Crippen MR) is 290 cm³/mol. The van der Waals surface area contributed by atoms with E-state index in [0.29, 0.717) is 31.9 Å². The van der Waals surface area contributed by atoms with Crippen LogP contribution in [0.2, 0.25) is 0 Å². The van der Waals surface area contributed by atoms with E-state index < -0.39 is 6.61 Å². The summed E-state index contributed by atoms with van der Waals surface area (Å²) in [6, 6.07) is 7.89. The Labute approximate surface area is 439 Å². The lowest BCUT2D eigenvalue weighted by atomic mass is 9.85. The van der Waals surface area contributed by atoms with Gasteiger partial charge in [-0.25, -0.2) is 19.7 Å². The molecule has 5 aliphatic rings. The number of aliphatic hydroxyl groups is 2. The first-order valence-electron chi connectivity index (χ1n) is 25.3. The minimum atomic E-state index is -0.403. The lowest BCUT2D eigenvalue weighted by Gasteiger charge is -2.25. The molecular formula is C55H80N8O6S3. The molecule has 5 aromatic rings. The number of hydrogen-bond acceptors (Lipinski definition) is 14. The van der Waals surface area contributed by atoms with Crippen molar-refractivity contribution in [2.75, 3.05) is 26.2 Å². The number of aromatic nitrogens is 5. The number of aliphatic hydroxyl groups excluding tert-OH is 2. The largest absolute Gasteiger partial charge is 0.457 e. The molecule has 0 saturated heterocycles. The summed E-state index contributed by atoms with van der Waals surface area (Å²) < 4.78 is 6.74. The number of cyclic esters (lactones) is 1. The number of ether oxygens (including phenoxy) is 1. The fraction of sp³-hybridized carbons (Fsp3) is 0.618. The van der Waals surface area contributed by atoms with Crippen molar-refractivity contribution < 1.29 is 29.3 Å². The van der Waals surface area contributed by atoms with Crippen LogP contribution in [-0.4, -0.2) is 90.0 Å². The average molecular weight is 1050 g/mol. The normalized spacial score (nSPS) is 17.3. The molecule has 10 rings (SSSR count). The second kappa shape index (κ2) is 22.6. The highest BCUT2D eigenvalue weighted by Gasteiger charge is 2.30. The standard InChI is InChI=1S/C12H18N2O2S.C12H14O2.C11H17NOS.C10H15N3O.C10H16N2S/c1-12(2,3)11-13-8-4-5-14(10(16)7-15)6-9(8)17-11;1-12(2,3)9-5-4-8-7-14-11(13)10(8)6-9;1-11(2,3)10-12-8-5-4-7(13)6-9(8)14-10;1-10(2,3)8-6-7-9(14)11-4-5-13(7)12-8;1-10(2,3)9-12-7-4-5-11-6-8(7)13-9/h15H,4-7H2,1-3H3;4-6H,7H2,1-3H3;7,13H,4-6H2,1-3H3;6H,4-5H2,1-3H3,(H,11,14);11H,4-6H2,1-3H3. The fourth-order valence-corrected chi connectivity index (χ4v) is 11.6. The maximum Gasteiger partial charge on any atom is 0.338 e. The number of hydrogen-bond donors (Lipinski definition) is 4. The van der Waals surface area contributed by atoms with Gasteiger partial charge in [-0.15, -0.1) is 34.0 Å². The van der Waals surface area contributed by atoms with Crippen LogP contribution in [0, 0.1) is 0 Å². The van der Waals surface area contributed by atoms with Crippen molar-refractivity contribution in [3.63, 3.8) is 0 Å². The van der Waals surface area contributed by atoms with Gasteiger partial charge in [0.1, 0.15) is 18.9 Å². The number of thiazole rings is 3. The number of carbonyl (C=O) groups excluding carboxylic acids is 3. The summed E-state index contributed by atoms with van der Waals surface area (Å²) in [6.07, 6.45) is 4.39. The van der Waals surface area contributed by atoms with E-state index in [9.17, 15) is 19.5 Å². The summed E-state index contributed by atoms with van der Waals surface area (Å²) >= 11 is 5.33. The highest BCUT2D eigenvalue weighted by atomic mass is 32.1. The number of esters is 1. The van der Waals surface area contributed by atoms with E-state index in [1.807, 2.05) is 29.5 Å². The van der Waals surface area contributed by atoms with Crippen LogP contribution in [0.25, 0.3) is 0 Å². The Hall–Kier alpha value is -4.39. The van der Waals surface area contributed by atoms with E-state index in [-0.39, 0.29) is 51.0 Å². The first-order valence-corrected chi connectivity index (χ1v) is 27.8. The van der Waals surface area contributed by atoms with Gasteiger partial charge < -0.3 is 30.5 Å². The maximum atomic E-state index is 11.5. The number of amides is 2. The van der Waals surface area contributed by atoms with Crippen molar-refractivity contribution in [1.82, 2.24) is 40.3 Å². The fourth-order valence-electron chi connectivity index (χ4n) is 8.04. The van der Waals surface area contributed by atoms with Crippen molar-refractivity contribution >= 4 is 51.8 Å². The molecule has 394 valence electrons. The van der Waals surface area contributed by atoms with E-state index in [1.54, 1.807) is 32.3 Å². The van der Waals surface area contributed by atoms with E-state index in [4.69, 9.17) is 14.8 Å². The van der Waals surface area contributed by atoms with Crippen LogP contribution >= 0.6 is 34.0 Å². The van der Waals surface area contributed by atoms with Gasteiger partial charge in [0.25, 0.3) is 5.91 Å². The number of nitrogens with zero attached hydrogens (tertiary/aromatic N) is 6. The molecule has 1 atom stereocenters. The van der Waals surface area contributed by atoms with Gasteiger partial charge in [-0.05, 0) is 36.0 Å². The summed E-state index contributed by atoms with van der Waals surface area (Å²) in [7, 11) is 0. The van der Waals surface area contributed by atoms with Gasteiger partial charge in [-0.1, -0.05) is 116 Å². The molecule has 0 bridgehead atoms. The zero-order valence-corrected chi connectivity index (χ0v) is 48.0. The van der Waals surface area contributed by atoms with E-state index in [0.717, 1.165) is 79.3 Å². The second-order valence-electron chi connectivity index (χ2n) is 24.3. The zero-order valence-electron chi connectivity index (χ0n) is 45.5. The Morgan fingerprint density at radius 3 is 1.86 bits per heavy atom. The van der Waals surface area contributed by atoms with Crippen molar-refractivity contribution in [3.8, 4) is 0 Å². The third kappa shape index (κ3) is 14.7. The van der Waals surface area contributed by atoms with E-state index in [2.05, 4.69) is 136 Å². The molecule has 0 radical (unpaired) electrons. The number of nitrogens with one attached hydrogen (secondary N) is 2. The van der Waals surface area contributed by atoms with E-state index in [1.165, 1.54) is 41.6 Å². The monoisotopic (exact) mass is 1040 g/mol. The second-order valence-corrected chi connectivity index (χ2v) is 27.6. The number of fused-ring (bicyclic) bond motifs is 5. The van der Waals surface area contributed by atoms with Gasteiger partial charge in [-0.2, -0.15) is 5.10 Å². The topological polar surface area (TPSA) is 185 Å². The van der Waals surface area contributed by atoms with Crippen LogP contribution in [0.4, 0.5) is 0 Å². The number of benzene rings is 1. The molecule has 4 aliphatic heterocycles. The molecule has 1 aliphatic carbocycles. The minimum Gasteiger partial charge on any atom is -0.457 e. The number of rotatable bonds is 1. The molecule has 0 spiro atoms. The molecule has 8 heterocycles. The lowest BCUT2D eigenvalue weighted by Crippen LogP contribution is -2.37. The minimum absolute atomic E-state index is 0.00458. The van der Waals surface area contributed by atoms with Crippen molar-refractivity contribution in [2.45, 2.75) is 195 Å². The van der Waals surface area contributed by atoms with Gasteiger partial charge >= 0.3 is 5.97 Å². The first-order chi connectivity index (χ1) is 33.4. The Bertz CT molecular complexity index is 2670. The Morgan fingerprint density at radius 1 is 0.722 bits per heavy atom. The van der Waals surface area contributed by atoms with E-state index >= 15 is 0 Å². The quantitative estimate of drug-likeness (QED) is 0.117. The van der Waals surface area contributed by atoms with Crippen molar-refractivity contribution in [2.24, 2.45) is 0 Å². The van der Waals surface area contributed by atoms with Crippen molar-refractivity contribution in [3.05, 3.63) is 99.1 Å². The van der Waals surface area contributed by atoms with Gasteiger partial charge in [0.15, 0.2) is 0 Å². The number of carbonyl (C=O) groups is 3. The molecule has 17 heteroatoms. The molecule has 2 amide bonds. The molecule has 0 fully saturated rings. The third-order valence-electron chi connectivity index (χ3n) is 12.6. The average Bonchev–Trinajstić information content (AvgIpc) is 4.15. The lowest BCUT2D eigenvalue weighted by molar-refractivity contribution is -0.135. The molecule has 72 heavy (non-hydrogen) atoms. The SMILES string of the molecule is CC(C)(C)c1cc2n(n1)CCNC2=O.CC(C)(C)c1ccc2c(c1)C(=O)OC2.CC(C)(C)c1nc2c(s1)CC(O)CC2.CC(C)(C)c1nc2c(s1)CN(C(=O)CO)CC2.CC(C)(C)c1nc2c(s1)CNCC2. The van der Waals surface area contributed by atoms with Crippen LogP contribution < -0.4 is 10.6 Å². The zero-order chi connectivity index (χ0) is 53.1. The Kier molecular flexibility index (Phi) is 17.9. The van der Waals surface area contributed by atoms with Gasteiger partial charge in [-0.3, -0.25) is 14.3 Å². The Balaban J connectivity index is 0.000000147.